The van der Waals surface area contributed by atoms with Crippen LogP contribution in [0.25, 0.3) is 15.7 Å². The fraction of sp³-hybridized carbons (Fsp3) is 0.387. The number of ether oxygens (including phenoxy) is 1. The Morgan fingerprint density at radius 3 is 2.40 bits per heavy atom. The summed E-state index contributed by atoms with van der Waals surface area (Å²) in [6, 6.07) is 8.02. The second-order valence-electron chi connectivity index (χ2n) is 9.60. The number of nitrogens with one attached hydrogen (secondary N) is 2. The molecule has 0 bridgehead atoms. The number of halogens is 3. The number of carbonyl (C=O) groups excluding carboxylic acids is 1. The molecule has 0 saturated heterocycles. The van der Waals surface area contributed by atoms with Crippen LogP contribution in [0.4, 0.5) is 8.78 Å². The van der Waals surface area contributed by atoms with Crippen molar-refractivity contribution in [1.82, 2.24) is 15.5 Å². The van der Waals surface area contributed by atoms with E-state index in [1.165, 1.54) is 0 Å². The van der Waals surface area contributed by atoms with Gasteiger partial charge >= 0.3 is 0 Å². The minimum Gasteiger partial charge on any atom is -0.496 e. The minimum atomic E-state index is -0.635. The van der Waals surface area contributed by atoms with Gasteiger partial charge in [-0.25, -0.2) is 8.78 Å². The van der Waals surface area contributed by atoms with Gasteiger partial charge in [-0.15, -0.1) is 11.3 Å². The van der Waals surface area contributed by atoms with E-state index < -0.39 is 11.6 Å². The van der Waals surface area contributed by atoms with Crippen molar-refractivity contribution < 1.29 is 18.3 Å². The van der Waals surface area contributed by atoms with Gasteiger partial charge in [0, 0.05) is 25.2 Å². The summed E-state index contributed by atoms with van der Waals surface area (Å²) in [5.74, 6) is -0.867. The molecule has 1 fully saturated rings. The van der Waals surface area contributed by atoms with Gasteiger partial charge in [-0.1, -0.05) is 43.0 Å². The van der Waals surface area contributed by atoms with Gasteiger partial charge in [0.25, 0.3) is 5.91 Å². The summed E-state index contributed by atoms with van der Waals surface area (Å²) in [5.41, 5.74) is 2.86. The molecule has 0 aliphatic heterocycles. The second-order valence-corrected chi connectivity index (χ2v) is 11.0. The Balaban J connectivity index is 0.00000141. The van der Waals surface area contributed by atoms with Gasteiger partial charge in [-0.05, 0) is 81.5 Å². The quantitative estimate of drug-likeness (QED) is 0.263. The Hall–Kier alpha value is -2.94. The summed E-state index contributed by atoms with van der Waals surface area (Å²) < 4.78 is 34.8. The van der Waals surface area contributed by atoms with E-state index in [4.69, 9.17) is 16.3 Å². The standard InChI is InChI=1S/C29H31ClF2N2O2S.C2H7N/c1-4-18(14-15-33-2)19-10-13-24(36-3)20(16-19)17-34(21-8-6-5-7-9-21)29(35)28-26(30)25-22(31)11-12-23(32)27(25)37-28;1-3-2/h4,10-16,21,33H,5-9,17H2,1-3H3;3H,1-2H3/b15-14-,18-4+;. The summed E-state index contributed by atoms with van der Waals surface area (Å²) in [6.45, 7) is 2.27. The molecule has 9 heteroatoms. The molecule has 1 amide bonds. The van der Waals surface area contributed by atoms with Gasteiger partial charge in [-0.3, -0.25) is 4.79 Å². The van der Waals surface area contributed by atoms with Gasteiger partial charge in [0.05, 0.1) is 22.2 Å². The van der Waals surface area contributed by atoms with E-state index in [0.717, 1.165) is 72.3 Å². The summed E-state index contributed by atoms with van der Waals surface area (Å²) in [5, 5.41) is 5.69. The molecule has 0 atom stereocenters. The zero-order chi connectivity index (χ0) is 29.2. The number of amides is 1. The van der Waals surface area contributed by atoms with Gasteiger partial charge in [0.2, 0.25) is 0 Å². The smallest absolute Gasteiger partial charge is 0.266 e. The number of carbonyl (C=O) groups is 1. The highest BCUT2D eigenvalue weighted by Gasteiger charge is 2.31. The molecule has 3 aromatic rings. The number of nitrogens with zero attached hydrogens (tertiary/aromatic N) is 1. The fourth-order valence-electron chi connectivity index (χ4n) is 4.92. The largest absolute Gasteiger partial charge is 0.496 e. The van der Waals surface area contributed by atoms with Crippen molar-refractivity contribution in [2.75, 3.05) is 28.3 Å². The Morgan fingerprint density at radius 2 is 1.80 bits per heavy atom. The van der Waals surface area contributed by atoms with Crippen LogP contribution in [0.2, 0.25) is 5.02 Å². The first-order valence-corrected chi connectivity index (χ1v) is 14.6. The molecule has 1 aromatic heterocycles. The highest BCUT2D eigenvalue weighted by atomic mass is 35.5. The van der Waals surface area contributed by atoms with Crippen LogP contribution in [0.5, 0.6) is 5.75 Å². The summed E-state index contributed by atoms with van der Waals surface area (Å²) >= 11 is 7.43. The zero-order valence-electron chi connectivity index (χ0n) is 23.7. The third kappa shape index (κ3) is 7.22. The van der Waals surface area contributed by atoms with Crippen LogP contribution in [0, 0.1) is 11.6 Å². The lowest BCUT2D eigenvalue weighted by atomic mass is 9.93. The monoisotopic (exact) mass is 589 g/mol. The number of hydrogen-bond donors (Lipinski definition) is 2. The van der Waals surface area contributed by atoms with Crippen LogP contribution >= 0.6 is 22.9 Å². The topological polar surface area (TPSA) is 53.6 Å². The number of thiophene rings is 1. The molecular formula is C31H38ClF2N3O2S. The van der Waals surface area contributed by atoms with Crippen molar-refractivity contribution in [2.24, 2.45) is 0 Å². The first kappa shape index (κ1) is 31.6. The number of allylic oxidation sites excluding steroid dienone is 3. The van der Waals surface area contributed by atoms with Gasteiger partial charge in [-0.2, -0.15) is 0 Å². The lowest BCUT2D eigenvalue weighted by Gasteiger charge is -2.34. The van der Waals surface area contributed by atoms with Crippen molar-refractivity contribution in [2.45, 2.75) is 51.6 Å². The summed E-state index contributed by atoms with van der Waals surface area (Å²) in [4.78, 5) is 16.0. The van der Waals surface area contributed by atoms with Crippen LogP contribution in [-0.2, 0) is 6.54 Å². The molecule has 4 rings (SSSR count). The Morgan fingerprint density at radius 1 is 1.12 bits per heavy atom. The van der Waals surface area contributed by atoms with E-state index in [1.807, 2.05) is 69.5 Å². The van der Waals surface area contributed by atoms with Crippen LogP contribution < -0.4 is 15.4 Å². The molecule has 1 aliphatic carbocycles. The molecule has 40 heavy (non-hydrogen) atoms. The average molecular weight is 590 g/mol. The first-order chi connectivity index (χ1) is 19.3. The Bertz CT molecular complexity index is 1370. The number of fused-ring (bicyclic) bond motifs is 1. The van der Waals surface area contributed by atoms with Gasteiger partial charge in [0.15, 0.2) is 0 Å². The van der Waals surface area contributed by atoms with Crippen LogP contribution in [-0.4, -0.2) is 45.1 Å². The van der Waals surface area contributed by atoms with Crippen LogP contribution in [0.3, 0.4) is 0 Å². The molecule has 1 aliphatic rings. The van der Waals surface area contributed by atoms with Gasteiger partial charge < -0.3 is 20.3 Å². The zero-order valence-corrected chi connectivity index (χ0v) is 25.3. The second kappa shape index (κ2) is 15.2. The molecule has 0 unspecified atom stereocenters. The molecule has 2 aromatic carbocycles. The summed E-state index contributed by atoms with van der Waals surface area (Å²) in [7, 11) is 7.20. The molecule has 1 saturated carbocycles. The Labute approximate surface area is 244 Å². The molecule has 5 nitrogen and oxygen atoms in total. The van der Waals surface area contributed by atoms with Crippen LogP contribution in [0.15, 0.2) is 48.7 Å². The third-order valence-corrected chi connectivity index (χ3v) is 8.52. The molecule has 2 N–H and O–H groups in total. The highest BCUT2D eigenvalue weighted by Crippen LogP contribution is 2.40. The molecule has 1 heterocycles. The van der Waals surface area contributed by atoms with Crippen LogP contribution in [0.1, 0.15) is 59.8 Å². The maximum atomic E-state index is 14.5. The number of methoxy groups -OCH3 is 1. The van der Waals surface area contributed by atoms with E-state index in [-0.39, 0.29) is 31.9 Å². The minimum absolute atomic E-state index is 0.00374. The maximum Gasteiger partial charge on any atom is 0.266 e. The fourth-order valence-corrected chi connectivity index (χ4v) is 6.43. The van der Waals surface area contributed by atoms with E-state index in [0.29, 0.717) is 12.3 Å². The highest BCUT2D eigenvalue weighted by molar-refractivity contribution is 7.21. The van der Waals surface area contributed by atoms with Crippen molar-refractivity contribution in [3.8, 4) is 5.75 Å². The molecule has 0 spiro atoms. The molecule has 216 valence electrons. The average Bonchev–Trinajstić information content (AvgIpc) is 3.33. The normalized spacial score (nSPS) is 14.2. The van der Waals surface area contributed by atoms with E-state index >= 15 is 0 Å². The predicted octanol–water partition coefficient (Wildman–Crippen LogP) is 7.79. The lowest BCUT2D eigenvalue weighted by molar-refractivity contribution is 0.0618. The first-order valence-electron chi connectivity index (χ1n) is 13.4. The summed E-state index contributed by atoms with van der Waals surface area (Å²) in [6.07, 6.45) is 10.8. The maximum absolute atomic E-state index is 14.5. The van der Waals surface area contributed by atoms with E-state index in [1.54, 1.807) is 7.11 Å². The van der Waals surface area contributed by atoms with Crippen molar-refractivity contribution in [3.63, 3.8) is 0 Å². The number of rotatable bonds is 8. The number of hydrogen-bond acceptors (Lipinski definition) is 5. The van der Waals surface area contributed by atoms with Gasteiger partial charge in [0.1, 0.15) is 22.3 Å². The van der Waals surface area contributed by atoms with Crippen molar-refractivity contribution in [3.05, 3.63) is 81.3 Å². The SMILES string of the molecule is C/C=C(\C=C/NC)c1ccc(OC)c(CN(C(=O)c2sc3c(F)ccc(F)c3c2Cl)C2CCCCC2)c1.CNC. The van der Waals surface area contributed by atoms with Crippen molar-refractivity contribution in [1.29, 1.82) is 0 Å². The lowest BCUT2D eigenvalue weighted by Crippen LogP contribution is -2.40. The van der Waals surface area contributed by atoms with E-state index in [2.05, 4.69) is 10.6 Å². The third-order valence-electron chi connectivity index (χ3n) is 6.85. The molecular weight excluding hydrogens is 552 g/mol. The number of benzene rings is 2. The predicted molar refractivity (Wildman–Crippen MR) is 163 cm³/mol. The Kier molecular flexibility index (Phi) is 12.0. The van der Waals surface area contributed by atoms with Crippen molar-refractivity contribution >= 4 is 44.5 Å². The van der Waals surface area contributed by atoms with E-state index in [9.17, 15) is 13.6 Å². The molecule has 0 radical (unpaired) electrons.